The SMILES string of the molecule is NC(=O)C1([NH+]2CCCCC2)CCN(C(=S)Nc2ccc(F)cc2)CC1. The number of thiocarbonyl (C=S) groups is 1. The van der Waals surface area contributed by atoms with E-state index in [4.69, 9.17) is 18.0 Å². The van der Waals surface area contributed by atoms with E-state index in [-0.39, 0.29) is 11.7 Å². The molecule has 1 aromatic carbocycles. The number of carbonyl (C=O) groups excluding carboxylic acids is 1. The Hall–Kier alpha value is -1.73. The molecule has 1 amide bonds. The monoisotopic (exact) mass is 365 g/mol. The number of rotatable bonds is 3. The molecule has 7 heteroatoms. The van der Waals surface area contributed by atoms with Crippen LogP contribution in [0.3, 0.4) is 0 Å². The number of amides is 1. The minimum atomic E-state index is -0.456. The molecule has 2 fully saturated rings. The number of likely N-dealkylation sites (tertiary alicyclic amines) is 2. The highest BCUT2D eigenvalue weighted by Crippen LogP contribution is 2.21. The van der Waals surface area contributed by atoms with Crippen molar-refractivity contribution in [2.45, 2.75) is 37.6 Å². The number of nitrogens with zero attached hydrogens (tertiary/aromatic N) is 1. The summed E-state index contributed by atoms with van der Waals surface area (Å²) in [5, 5.41) is 3.75. The van der Waals surface area contributed by atoms with E-state index < -0.39 is 5.54 Å². The third-order valence-corrected chi connectivity index (χ3v) is 5.97. The van der Waals surface area contributed by atoms with Crippen molar-refractivity contribution in [1.82, 2.24) is 4.90 Å². The fourth-order valence-corrected chi connectivity index (χ4v) is 4.36. The molecule has 3 rings (SSSR count). The third-order valence-electron chi connectivity index (χ3n) is 5.61. The molecule has 0 bridgehead atoms. The Labute approximate surface area is 153 Å². The second-order valence-electron chi connectivity index (χ2n) is 7.03. The van der Waals surface area contributed by atoms with Crippen LogP contribution in [0.1, 0.15) is 32.1 Å². The zero-order valence-electron chi connectivity index (χ0n) is 14.4. The summed E-state index contributed by atoms with van der Waals surface area (Å²) in [4.78, 5) is 15.7. The Bertz CT molecular complexity index is 622. The molecule has 25 heavy (non-hydrogen) atoms. The van der Waals surface area contributed by atoms with Crippen LogP contribution in [0, 0.1) is 5.82 Å². The Morgan fingerprint density at radius 1 is 1.16 bits per heavy atom. The topological polar surface area (TPSA) is 62.8 Å². The lowest BCUT2D eigenvalue weighted by atomic mass is 9.83. The van der Waals surface area contributed by atoms with Gasteiger partial charge in [0.05, 0.1) is 13.1 Å². The van der Waals surface area contributed by atoms with Gasteiger partial charge in [0, 0.05) is 31.6 Å². The minimum absolute atomic E-state index is 0.179. The first-order valence-electron chi connectivity index (χ1n) is 8.98. The van der Waals surface area contributed by atoms with Gasteiger partial charge in [-0.05, 0) is 55.7 Å². The van der Waals surface area contributed by atoms with Gasteiger partial charge in [0.15, 0.2) is 10.7 Å². The van der Waals surface area contributed by atoms with Gasteiger partial charge >= 0.3 is 0 Å². The molecule has 0 saturated carbocycles. The number of halogens is 1. The average molecular weight is 365 g/mol. The van der Waals surface area contributed by atoms with Gasteiger partial charge < -0.3 is 20.9 Å². The van der Waals surface area contributed by atoms with Gasteiger partial charge in [-0.25, -0.2) is 4.39 Å². The molecule has 2 aliphatic rings. The van der Waals surface area contributed by atoms with Crippen LogP contribution in [0.15, 0.2) is 24.3 Å². The second-order valence-corrected chi connectivity index (χ2v) is 7.42. The number of hydrogen-bond acceptors (Lipinski definition) is 2. The maximum Gasteiger partial charge on any atom is 0.278 e. The standard InChI is InChI=1S/C18H25FN4OS/c19-14-4-6-15(7-5-14)21-17(25)22-12-8-18(9-13-22,16(20)24)23-10-2-1-3-11-23/h4-7H,1-3,8-13H2,(H2,20,24)(H,21,25)/p+1. The number of carbonyl (C=O) groups is 1. The molecular formula is C18H26FN4OS+. The number of piperidine rings is 2. The normalized spacial score (nSPS) is 20.9. The molecule has 1 aromatic rings. The Morgan fingerprint density at radius 3 is 2.32 bits per heavy atom. The number of anilines is 1. The van der Waals surface area contributed by atoms with E-state index in [1.165, 1.54) is 36.3 Å². The molecule has 0 aromatic heterocycles. The molecule has 2 heterocycles. The summed E-state index contributed by atoms with van der Waals surface area (Å²) in [6, 6.07) is 6.13. The van der Waals surface area contributed by atoms with Crippen molar-refractivity contribution in [3.63, 3.8) is 0 Å². The van der Waals surface area contributed by atoms with Crippen molar-refractivity contribution in [2.75, 3.05) is 31.5 Å². The van der Waals surface area contributed by atoms with Gasteiger partial charge in [-0.1, -0.05) is 0 Å². The smallest absolute Gasteiger partial charge is 0.278 e. The highest BCUT2D eigenvalue weighted by Gasteiger charge is 2.49. The number of hydrogen-bond donors (Lipinski definition) is 3. The number of nitrogens with one attached hydrogen (secondary N) is 2. The molecule has 4 N–H and O–H groups in total. The quantitative estimate of drug-likeness (QED) is 0.697. The van der Waals surface area contributed by atoms with Crippen LogP contribution < -0.4 is 16.0 Å². The van der Waals surface area contributed by atoms with Crippen molar-refractivity contribution < 1.29 is 14.1 Å². The van der Waals surface area contributed by atoms with Crippen LogP contribution in [0.4, 0.5) is 10.1 Å². The van der Waals surface area contributed by atoms with Gasteiger partial charge in [0.2, 0.25) is 0 Å². The van der Waals surface area contributed by atoms with E-state index >= 15 is 0 Å². The highest BCUT2D eigenvalue weighted by atomic mass is 32.1. The summed E-state index contributed by atoms with van der Waals surface area (Å²) in [6.07, 6.45) is 5.03. The second kappa shape index (κ2) is 7.66. The Balaban J connectivity index is 1.62. The average Bonchev–Trinajstić information content (AvgIpc) is 2.64. The van der Waals surface area contributed by atoms with Gasteiger partial charge in [0.1, 0.15) is 5.82 Å². The first kappa shape index (κ1) is 18.1. The number of quaternary nitrogens is 1. The fraction of sp³-hybridized carbons (Fsp3) is 0.556. The Kier molecular flexibility index (Phi) is 5.54. The van der Waals surface area contributed by atoms with E-state index in [2.05, 4.69) is 10.2 Å². The van der Waals surface area contributed by atoms with E-state index in [9.17, 15) is 9.18 Å². The van der Waals surface area contributed by atoms with Crippen LogP contribution in [-0.4, -0.2) is 47.6 Å². The van der Waals surface area contributed by atoms with E-state index in [0.717, 1.165) is 31.6 Å². The molecular weight excluding hydrogens is 339 g/mol. The predicted octanol–water partition coefficient (Wildman–Crippen LogP) is 0.911. The first-order chi connectivity index (χ1) is 12.0. The van der Waals surface area contributed by atoms with Crippen molar-refractivity contribution >= 4 is 28.9 Å². The molecule has 2 saturated heterocycles. The molecule has 0 aliphatic carbocycles. The molecule has 5 nitrogen and oxygen atoms in total. The lowest BCUT2D eigenvalue weighted by molar-refractivity contribution is -0.948. The van der Waals surface area contributed by atoms with Crippen LogP contribution in [0.5, 0.6) is 0 Å². The number of nitrogens with two attached hydrogens (primary N) is 1. The van der Waals surface area contributed by atoms with Gasteiger partial charge in [-0.3, -0.25) is 4.79 Å². The lowest BCUT2D eigenvalue weighted by Gasteiger charge is -2.45. The predicted molar refractivity (Wildman–Crippen MR) is 99.9 cm³/mol. The maximum atomic E-state index is 13.0. The molecule has 2 aliphatic heterocycles. The first-order valence-corrected chi connectivity index (χ1v) is 9.39. The van der Waals surface area contributed by atoms with Crippen molar-refractivity contribution in [1.29, 1.82) is 0 Å². The van der Waals surface area contributed by atoms with E-state index in [0.29, 0.717) is 18.2 Å². The summed E-state index contributed by atoms with van der Waals surface area (Å²) in [5.74, 6) is -0.452. The van der Waals surface area contributed by atoms with E-state index in [1.807, 2.05) is 0 Å². The van der Waals surface area contributed by atoms with Crippen LogP contribution >= 0.6 is 12.2 Å². The van der Waals surface area contributed by atoms with Crippen LogP contribution in [0.25, 0.3) is 0 Å². The van der Waals surface area contributed by atoms with Gasteiger partial charge in [0.25, 0.3) is 5.91 Å². The van der Waals surface area contributed by atoms with E-state index in [1.54, 1.807) is 12.1 Å². The summed E-state index contributed by atoms with van der Waals surface area (Å²) in [7, 11) is 0. The zero-order chi connectivity index (χ0) is 17.9. The fourth-order valence-electron chi connectivity index (χ4n) is 4.06. The van der Waals surface area contributed by atoms with Crippen LogP contribution in [-0.2, 0) is 4.79 Å². The minimum Gasteiger partial charge on any atom is -0.364 e. The van der Waals surface area contributed by atoms with Crippen molar-refractivity contribution in [2.24, 2.45) is 5.73 Å². The molecule has 0 radical (unpaired) electrons. The van der Waals surface area contributed by atoms with Crippen molar-refractivity contribution in [3.05, 3.63) is 30.1 Å². The number of benzene rings is 1. The summed E-state index contributed by atoms with van der Waals surface area (Å²) in [5.41, 5.74) is 6.14. The molecule has 0 spiro atoms. The van der Waals surface area contributed by atoms with Crippen molar-refractivity contribution in [3.8, 4) is 0 Å². The van der Waals surface area contributed by atoms with Gasteiger partial charge in [-0.2, -0.15) is 0 Å². The zero-order valence-corrected chi connectivity index (χ0v) is 15.2. The highest BCUT2D eigenvalue weighted by molar-refractivity contribution is 7.80. The molecule has 0 unspecified atom stereocenters. The molecule has 136 valence electrons. The largest absolute Gasteiger partial charge is 0.364 e. The maximum absolute atomic E-state index is 13.0. The lowest BCUT2D eigenvalue weighted by Crippen LogP contribution is -3.22. The summed E-state index contributed by atoms with van der Waals surface area (Å²) < 4.78 is 13.0. The summed E-state index contributed by atoms with van der Waals surface area (Å²) >= 11 is 5.48. The van der Waals surface area contributed by atoms with Gasteiger partial charge in [-0.15, -0.1) is 0 Å². The molecule has 0 atom stereocenters. The third kappa shape index (κ3) is 3.93. The summed E-state index contributed by atoms with van der Waals surface area (Å²) in [6.45, 7) is 3.47. The Morgan fingerprint density at radius 2 is 1.76 bits per heavy atom. The number of primary amides is 1. The van der Waals surface area contributed by atoms with Crippen LogP contribution in [0.2, 0.25) is 0 Å².